The summed E-state index contributed by atoms with van der Waals surface area (Å²) in [7, 11) is 0. The molecular formula is C22H19NO5. The van der Waals surface area contributed by atoms with Crippen molar-refractivity contribution < 1.29 is 23.8 Å². The van der Waals surface area contributed by atoms with Crippen molar-refractivity contribution >= 4 is 11.8 Å². The van der Waals surface area contributed by atoms with Crippen LogP contribution < -0.4 is 5.32 Å². The molecule has 2 aliphatic rings. The van der Waals surface area contributed by atoms with Crippen LogP contribution in [-0.2, 0) is 19.0 Å². The van der Waals surface area contributed by atoms with Crippen molar-refractivity contribution in [2.75, 3.05) is 6.61 Å². The third kappa shape index (κ3) is 4.03. The van der Waals surface area contributed by atoms with E-state index in [9.17, 15) is 9.59 Å². The minimum absolute atomic E-state index is 0.165. The van der Waals surface area contributed by atoms with Crippen LogP contribution in [0.3, 0.4) is 0 Å². The van der Waals surface area contributed by atoms with Crippen molar-refractivity contribution in [3.8, 4) is 0 Å². The SMILES string of the molecule is O=C1O[C@@H]2CO[C@H](c3ccccc3)O[C@@H]2C=C1N/C=C\C(=O)c1ccccc1. The number of nitrogens with one attached hydrogen (secondary N) is 1. The molecule has 0 aliphatic carbocycles. The highest BCUT2D eigenvalue weighted by Crippen LogP contribution is 2.30. The van der Waals surface area contributed by atoms with Gasteiger partial charge in [0, 0.05) is 23.4 Å². The lowest BCUT2D eigenvalue weighted by molar-refractivity contribution is -0.252. The van der Waals surface area contributed by atoms with Gasteiger partial charge in [-0.15, -0.1) is 0 Å². The Morgan fingerprint density at radius 2 is 1.75 bits per heavy atom. The Hall–Kier alpha value is -3.22. The van der Waals surface area contributed by atoms with Crippen LogP contribution in [0.15, 0.2) is 84.7 Å². The molecule has 142 valence electrons. The Morgan fingerprint density at radius 3 is 2.50 bits per heavy atom. The second-order valence-electron chi connectivity index (χ2n) is 6.41. The molecular weight excluding hydrogens is 358 g/mol. The van der Waals surface area contributed by atoms with E-state index in [4.69, 9.17) is 14.2 Å². The van der Waals surface area contributed by atoms with Crippen LogP contribution in [0.2, 0.25) is 0 Å². The smallest absolute Gasteiger partial charge is 0.354 e. The highest BCUT2D eigenvalue weighted by Gasteiger charge is 2.38. The number of ether oxygens (including phenoxy) is 3. The van der Waals surface area contributed by atoms with E-state index in [1.54, 1.807) is 30.3 Å². The number of benzene rings is 2. The zero-order chi connectivity index (χ0) is 19.3. The quantitative estimate of drug-likeness (QED) is 0.491. The van der Waals surface area contributed by atoms with E-state index in [1.165, 1.54) is 12.3 Å². The predicted octanol–water partition coefficient (Wildman–Crippen LogP) is 2.90. The molecule has 2 aromatic rings. The summed E-state index contributed by atoms with van der Waals surface area (Å²) < 4.78 is 17.0. The summed E-state index contributed by atoms with van der Waals surface area (Å²) in [5, 5.41) is 2.82. The molecule has 6 nitrogen and oxygen atoms in total. The molecule has 2 heterocycles. The van der Waals surface area contributed by atoms with Gasteiger partial charge in [0.15, 0.2) is 18.2 Å². The molecule has 4 rings (SSSR count). The molecule has 6 heteroatoms. The molecule has 1 saturated heterocycles. The van der Waals surface area contributed by atoms with Crippen LogP contribution in [0.1, 0.15) is 22.2 Å². The van der Waals surface area contributed by atoms with Crippen LogP contribution in [0.4, 0.5) is 0 Å². The number of esters is 1. The van der Waals surface area contributed by atoms with Crippen molar-refractivity contribution in [2.45, 2.75) is 18.5 Å². The van der Waals surface area contributed by atoms with Gasteiger partial charge in [-0.2, -0.15) is 0 Å². The number of hydrogen-bond acceptors (Lipinski definition) is 6. The fraction of sp³-hybridized carbons (Fsp3) is 0.182. The molecule has 0 saturated carbocycles. The number of rotatable bonds is 5. The van der Waals surface area contributed by atoms with Gasteiger partial charge in [-0.3, -0.25) is 4.79 Å². The first-order chi connectivity index (χ1) is 13.7. The maximum absolute atomic E-state index is 12.2. The number of carbonyl (C=O) groups excluding carboxylic acids is 2. The topological polar surface area (TPSA) is 73.9 Å². The third-order valence-electron chi connectivity index (χ3n) is 4.47. The first-order valence-electron chi connectivity index (χ1n) is 8.98. The molecule has 1 fully saturated rings. The van der Waals surface area contributed by atoms with Crippen molar-refractivity contribution in [1.82, 2.24) is 5.32 Å². The van der Waals surface area contributed by atoms with Crippen LogP contribution in [-0.4, -0.2) is 30.6 Å². The Labute approximate surface area is 162 Å². The van der Waals surface area contributed by atoms with E-state index in [1.807, 2.05) is 36.4 Å². The predicted molar refractivity (Wildman–Crippen MR) is 101 cm³/mol. The fourth-order valence-electron chi connectivity index (χ4n) is 3.03. The van der Waals surface area contributed by atoms with E-state index in [0.717, 1.165) is 5.56 Å². The maximum atomic E-state index is 12.2. The molecule has 1 N–H and O–H groups in total. The summed E-state index contributed by atoms with van der Waals surface area (Å²) in [5.74, 6) is -0.675. The first kappa shape index (κ1) is 18.2. The summed E-state index contributed by atoms with van der Waals surface area (Å²) in [5.41, 5.74) is 1.69. The van der Waals surface area contributed by atoms with Gasteiger partial charge in [0.25, 0.3) is 0 Å². The van der Waals surface area contributed by atoms with E-state index in [2.05, 4.69) is 5.32 Å². The van der Waals surface area contributed by atoms with Gasteiger partial charge < -0.3 is 19.5 Å². The van der Waals surface area contributed by atoms with Gasteiger partial charge in [0.2, 0.25) is 0 Å². The first-order valence-corrected chi connectivity index (χ1v) is 8.98. The van der Waals surface area contributed by atoms with E-state index >= 15 is 0 Å². The van der Waals surface area contributed by atoms with Gasteiger partial charge in [0.05, 0.1) is 6.61 Å². The molecule has 0 radical (unpaired) electrons. The fourth-order valence-corrected chi connectivity index (χ4v) is 3.03. The Morgan fingerprint density at radius 1 is 1.04 bits per heavy atom. The molecule has 28 heavy (non-hydrogen) atoms. The normalized spacial score (nSPS) is 24.2. The van der Waals surface area contributed by atoms with E-state index in [0.29, 0.717) is 5.56 Å². The summed E-state index contributed by atoms with van der Waals surface area (Å²) in [4.78, 5) is 24.3. The molecule has 0 spiro atoms. The van der Waals surface area contributed by atoms with Gasteiger partial charge in [0.1, 0.15) is 11.8 Å². The zero-order valence-electron chi connectivity index (χ0n) is 15.0. The minimum atomic E-state index is -0.521. The van der Waals surface area contributed by atoms with Crippen molar-refractivity contribution in [3.05, 3.63) is 95.8 Å². The van der Waals surface area contributed by atoms with Crippen molar-refractivity contribution in [1.29, 1.82) is 0 Å². The van der Waals surface area contributed by atoms with Gasteiger partial charge in [-0.05, 0) is 6.08 Å². The Bertz CT molecular complexity index is 907. The van der Waals surface area contributed by atoms with Crippen molar-refractivity contribution in [3.63, 3.8) is 0 Å². The molecule has 0 amide bonds. The molecule has 2 aromatic carbocycles. The summed E-state index contributed by atoms with van der Waals surface area (Å²) in [6, 6.07) is 18.5. The average Bonchev–Trinajstić information content (AvgIpc) is 2.75. The van der Waals surface area contributed by atoms with Crippen LogP contribution >= 0.6 is 0 Å². The number of ketones is 1. The zero-order valence-corrected chi connectivity index (χ0v) is 15.0. The molecule has 2 aliphatic heterocycles. The van der Waals surface area contributed by atoms with Crippen LogP contribution in [0.5, 0.6) is 0 Å². The number of hydrogen-bond donors (Lipinski definition) is 1. The van der Waals surface area contributed by atoms with Gasteiger partial charge in [-0.1, -0.05) is 60.7 Å². The largest absolute Gasteiger partial charge is 0.452 e. The Balaban J connectivity index is 1.43. The summed E-state index contributed by atoms with van der Waals surface area (Å²) >= 11 is 0. The summed E-state index contributed by atoms with van der Waals surface area (Å²) in [6.07, 6.45) is 3.02. The van der Waals surface area contributed by atoms with Crippen LogP contribution in [0, 0.1) is 0 Å². The molecule has 3 atom stereocenters. The highest BCUT2D eigenvalue weighted by atomic mass is 16.7. The number of carbonyl (C=O) groups is 2. The minimum Gasteiger partial charge on any atom is -0.452 e. The van der Waals surface area contributed by atoms with Gasteiger partial charge >= 0.3 is 5.97 Å². The third-order valence-corrected chi connectivity index (χ3v) is 4.47. The van der Waals surface area contributed by atoms with E-state index in [-0.39, 0.29) is 18.1 Å². The number of allylic oxidation sites excluding steroid dienone is 1. The average molecular weight is 377 g/mol. The Kier molecular flexibility index (Phi) is 5.32. The summed E-state index contributed by atoms with van der Waals surface area (Å²) in [6.45, 7) is 0.252. The van der Waals surface area contributed by atoms with Crippen LogP contribution in [0.25, 0.3) is 0 Å². The van der Waals surface area contributed by atoms with Gasteiger partial charge in [-0.25, -0.2) is 4.79 Å². The number of fused-ring (bicyclic) bond motifs is 1. The standard InChI is InChI=1S/C22H19NO5/c24-18(15-7-3-1-4-8-15)11-12-23-17-13-19-20(27-21(17)25)14-26-22(28-19)16-9-5-2-6-10-16/h1-13,19-20,22-23H,14H2/b12-11-/t19-,20-,22+/m1/s1. The highest BCUT2D eigenvalue weighted by molar-refractivity contribution is 6.04. The van der Waals surface area contributed by atoms with E-state index < -0.39 is 24.5 Å². The monoisotopic (exact) mass is 377 g/mol. The second kappa shape index (κ2) is 8.21. The molecule has 0 unspecified atom stereocenters. The lowest BCUT2D eigenvalue weighted by atomic mass is 10.1. The lowest BCUT2D eigenvalue weighted by Crippen LogP contribution is -2.46. The molecule has 0 aromatic heterocycles. The second-order valence-corrected chi connectivity index (χ2v) is 6.41. The maximum Gasteiger partial charge on any atom is 0.354 e. The van der Waals surface area contributed by atoms with Crippen molar-refractivity contribution in [2.24, 2.45) is 0 Å². The molecule has 0 bridgehead atoms. The lowest BCUT2D eigenvalue weighted by Gasteiger charge is -2.37.